The van der Waals surface area contributed by atoms with E-state index in [0.29, 0.717) is 24.2 Å². The average Bonchev–Trinajstić information content (AvgIpc) is 3.11. The Kier molecular flexibility index (Phi) is 3.37. The number of nitrogens with zero attached hydrogens (tertiary/aromatic N) is 3. The minimum Gasteiger partial charge on any atom is -0.465 e. The summed E-state index contributed by atoms with van der Waals surface area (Å²) in [5, 5.41) is 0. The highest BCUT2D eigenvalue weighted by atomic mass is 16.5. The zero-order valence-electron chi connectivity index (χ0n) is 12.1. The highest BCUT2D eigenvalue weighted by molar-refractivity contribution is 6.06. The Balaban J connectivity index is 2.23. The maximum absolute atomic E-state index is 12.0. The molecule has 1 aliphatic heterocycles. The molecule has 0 atom stereocenters. The van der Waals surface area contributed by atoms with Gasteiger partial charge in [-0.15, -0.1) is 0 Å². The first-order valence-electron chi connectivity index (χ1n) is 7.03. The van der Waals surface area contributed by atoms with Crippen molar-refractivity contribution >= 4 is 28.6 Å². The van der Waals surface area contributed by atoms with Gasteiger partial charge in [0.25, 0.3) is 0 Å². The van der Waals surface area contributed by atoms with E-state index in [1.165, 1.54) is 7.11 Å². The van der Waals surface area contributed by atoms with Crippen molar-refractivity contribution in [3.05, 3.63) is 24.0 Å². The Labute approximate surface area is 122 Å². The number of fused-ring (bicyclic) bond motifs is 1. The molecule has 110 valence electrons. The first kappa shape index (κ1) is 13.6. The second-order valence-electron chi connectivity index (χ2n) is 5.03. The number of esters is 1. The summed E-state index contributed by atoms with van der Waals surface area (Å²) in [6.07, 6.45) is 3.10. The van der Waals surface area contributed by atoms with Gasteiger partial charge in [0.2, 0.25) is 5.91 Å². The minimum absolute atomic E-state index is 0.0735. The quantitative estimate of drug-likeness (QED) is 0.810. The molecule has 0 bridgehead atoms. The van der Waals surface area contributed by atoms with Crippen molar-refractivity contribution in [2.75, 3.05) is 18.6 Å². The van der Waals surface area contributed by atoms with Crippen LogP contribution in [0.15, 0.2) is 18.5 Å². The van der Waals surface area contributed by atoms with E-state index in [2.05, 4.69) is 4.98 Å². The number of hydrogen-bond acceptors (Lipinski definition) is 4. The number of imidazole rings is 1. The smallest absolute Gasteiger partial charge is 0.338 e. The molecular formula is C15H17N3O3. The number of benzene rings is 1. The summed E-state index contributed by atoms with van der Waals surface area (Å²) in [4.78, 5) is 30.0. The second-order valence-corrected chi connectivity index (χ2v) is 5.03. The number of ether oxygens (including phenoxy) is 1. The molecule has 1 aromatic heterocycles. The molecule has 0 saturated carbocycles. The highest BCUT2D eigenvalue weighted by Crippen LogP contribution is 2.31. The van der Waals surface area contributed by atoms with Crippen LogP contribution in [0, 0.1) is 0 Å². The Bertz CT molecular complexity index is 720. The molecule has 6 nitrogen and oxygen atoms in total. The summed E-state index contributed by atoms with van der Waals surface area (Å²) in [6, 6.07) is 3.46. The van der Waals surface area contributed by atoms with Crippen LogP contribution in [-0.2, 0) is 16.1 Å². The van der Waals surface area contributed by atoms with Gasteiger partial charge in [0.05, 0.1) is 30.2 Å². The lowest BCUT2D eigenvalue weighted by Crippen LogP contribution is -2.24. The van der Waals surface area contributed by atoms with Gasteiger partial charge < -0.3 is 14.2 Å². The third-order valence-electron chi connectivity index (χ3n) is 3.83. The SMILES string of the molecule is CCn1cnc2c(N3CCCC3=O)cc(C(=O)OC)cc21. The van der Waals surface area contributed by atoms with E-state index in [0.717, 1.165) is 24.0 Å². The lowest BCUT2D eigenvalue weighted by Gasteiger charge is -2.17. The number of aromatic nitrogens is 2. The lowest BCUT2D eigenvalue weighted by atomic mass is 10.1. The number of rotatable bonds is 3. The lowest BCUT2D eigenvalue weighted by molar-refractivity contribution is -0.117. The molecule has 2 aromatic rings. The van der Waals surface area contributed by atoms with Crippen LogP contribution in [0.25, 0.3) is 11.0 Å². The fraction of sp³-hybridized carbons (Fsp3) is 0.400. The Hall–Kier alpha value is -2.37. The molecule has 1 aliphatic rings. The molecule has 2 heterocycles. The fourth-order valence-corrected chi connectivity index (χ4v) is 2.74. The van der Waals surface area contributed by atoms with Crippen LogP contribution in [0.3, 0.4) is 0 Å². The molecule has 0 aliphatic carbocycles. The Morgan fingerprint density at radius 3 is 2.86 bits per heavy atom. The first-order chi connectivity index (χ1) is 10.2. The van der Waals surface area contributed by atoms with Gasteiger partial charge in [0.15, 0.2) is 0 Å². The molecule has 1 fully saturated rings. The van der Waals surface area contributed by atoms with Crippen LogP contribution in [0.2, 0.25) is 0 Å². The maximum Gasteiger partial charge on any atom is 0.338 e. The summed E-state index contributed by atoms with van der Waals surface area (Å²) in [5.74, 6) is -0.335. The van der Waals surface area contributed by atoms with Crippen LogP contribution in [-0.4, -0.2) is 35.1 Å². The highest BCUT2D eigenvalue weighted by Gasteiger charge is 2.26. The Morgan fingerprint density at radius 2 is 2.24 bits per heavy atom. The summed E-state index contributed by atoms with van der Waals surface area (Å²) >= 11 is 0. The van der Waals surface area contributed by atoms with Crippen LogP contribution in [0.4, 0.5) is 5.69 Å². The fourth-order valence-electron chi connectivity index (χ4n) is 2.74. The van der Waals surface area contributed by atoms with Gasteiger partial charge in [-0.3, -0.25) is 4.79 Å². The number of anilines is 1. The number of hydrogen-bond donors (Lipinski definition) is 0. The van der Waals surface area contributed by atoms with Crippen molar-refractivity contribution in [3.63, 3.8) is 0 Å². The molecule has 1 saturated heterocycles. The van der Waals surface area contributed by atoms with Crippen LogP contribution in [0.5, 0.6) is 0 Å². The standard InChI is InChI=1S/C15H17N3O3/c1-3-17-9-16-14-11(17)7-10(15(20)21-2)8-12(14)18-6-4-5-13(18)19/h7-9H,3-6H2,1-2H3. The zero-order valence-corrected chi connectivity index (χ0v) is 12.1. The van der Waals surface area contributed by atoms with Gasteiger partial charge >= 0.3 is 5.97 Å². The number of aryl methyl sites for hydroxylation is 1. The van der Waals surface area contributed by atoms with Gasteiger partial charge in [-0.1, -0.05) is 0 Å². The number of carbonyl (C=O) groups is 2. The van der Waals surface area contributed by atoms with Crippen molar-refractivity contribution in [1.82, 2.24) is 9.55 Å². The van der Waals surface area contributed by atoms with Crippen molar-refractivity contribution < 1.29 is 14.3 Å². The Morgan fingerprint density at radius 1 is 1.43 bits per heavy atom. The zero-order chi connectivity index (χ0) is 15.0. The van der Waals surface area contributed by atoms with Crippen LogP contribution < -0.4 is 4.90 Å². The maximum atomic E-state index is 12.0. The normalized spacial score (nSPS) is 15.0. The van der Waals surface area contributed by atoms with Crippen molar-refractivity contribution in [2.24, 2.45) is 0 Å². The van der Waals surface area contributed by atoms with Crippen molar-refractivity contribution in [1.29, 1.82) is 0 Å². The molecule has 21 heavy (non-hydrogen) atoms. The van der Waals surface area contributed by atoms with E-state index in [1.54, 1.807) is 23.4 Å². The van der Waals surface area contributed by atoms with E-state index in [4.69, 9.17) is 4.74 Å². The minimum atomic E-state index is -0.409. The van der Waals surface area contributed by atoms with E-state index < -0.39 is 5.97 Å². The van der Waals surface area contributed by atoms with Gasteiger partial charge in [0, 0.05) is 19.5 Å². The topological polar surface area (TPSA) is 64.4 Å². The van der Waals surface area contributed by atoms with Crippen molar-refractivity contribution in [2.45, 2.75) is 26.3 Å². The molecule has 3 rings (SSSR count). The monoisotopic (exact) mass is 287 g/mol. The van der Waals surface area contributed by atoms with Gasteiger partial charge in [-0.25, -0.2) is 9.78 Å². The van der Waals surface area contributed by atoms with E-state index >= 15 is 0 Å². The summed E-state index contributed by atoms with van der Waals surface area (Å²) in [5.41, 5.74) is 2.73. The molecule has 0 radical (unpaired) electrons. The van der Waals surface area contributed by atoms with E-state index in [-0.39, 0.29) is 5.91 Å². The van der Waals surface area contributed by atoms with Gasteiger partial charge in [0.1, 0.15) is 5.52 Å². The van der Waals surface area contributed by atoms with Gasteiger partial charge in [-0.2, -0.15) is 0 Å². The predicted molar refractivity (Wildman–Crippen MR) is 78.3 cm³/mol. The third kappa shape index (κ3) is 2.16. The largest absolute Gasteiger partial charge is 0.465 e. The molecule has 0 unspecified atom stereocenters. The third-order valence-corrected chi connectivity index (χ3v) is 3.83. The number of carbonyl (C=O) groups excluding carboxylic acids is 2. The summed E-state index contributed by atoms with van der Waals surface area (Å²) in [6.45, 7) is 3.42. The molecule has 0 N–H and O–H groups in total. The molecule has 1 amide bonds. The van der Waals surface area contributed by atoms with Crippen molar-refractivity contribution in [3.8, 4) is 0 Å². The van der Waals surface area contributed by atoms with E-state index in [9.17, 15) is 9.59 Å². The second kappa shape index (κ2) is 5.20. The molecular weight excluding hydrogens is 270 g/mol. The van der Waals surface area contributed by atoms with E-state index in [1.807, 2.05) is 11.5 Å². The number of amides is 1. The predicted octanol–water partition coefficient (Wildman–Crippen LogP) is 1.97. The summed E-state index contributed by atoms with van der Waals surface area (Å²) < 4.78 is 6.76. The first-order valence-corrected chi connectivity index (χ1v) is 7.03. The molecule has 6 heteroatoms. The molecule has 1 aromatic carbocycles. The molecule has 0 spiro atoms. The van der Waals surface area contributed by atoms with Crippen LogP contribution in [0.1, 0.15) is 30.1 Å². The average molecular weight is 287 g/mol. The summed E-state index contributed by atoms with van der Waals surface area (Å²) in [7, 11) is 1.35. The van der Waals surface area contributed by atoms with Gasteiger partial charge in [-0.05, 0) is 25.5 Å². The van der Waals surface area contributed by atoms with Crippen LogP contribution >= 0.6 is 0 Å². The number of methoxy groups -OCH3 is 1.